The monoisotopic (exact) mass is 283 g/mol. The van der Waals surface area contributed by atoms with Crippen molar-refractivity contribution in [1.29, 1.82) is 0 Å². The number of esters is 1. The van der Waals surface area contributed by atoms with E-state index in [0.717, 1.165) is 25.3 Å². The third kappa shape index (κ3) is 3.62. The molecule has 0 aromatic carbocycles. The molecule has 0 radical (unpaired) electrons. The van der Waals surface area contributed by atoms with E-state index in [-0.39, 0.29) is 11.9 Å². The lowest BCUT2D eigenvalue weighted by atomic mass is 9.96. The summed E-state index contributed by atoms with van der Waals surface area (Å²) in [4.78, 5) is 15.8. The molecule has 6 nitrogen and oxygen atoms in total. The Balaban J connectivity index is 1.87. The Morgan fingerprint density at radius 2 is 2.30 bits per heavy atom. The lowest BCUT2D eigenvalue weighted by molar-refractivity contribution is -0.144. The van der Waals surface area contributed by atoms with E-state index in [1.807, 2.05) is 13.8 Å². The second kappa shape index (κ2) is 6.92. The summed E-state index contributed by atoms with van der Waals surface area (Å²) < 4.78 is 10.5. The van der Waals surface area contributed by atoms with E-state index in [9.17, 15) is 4.79 Å². The highest BCUT2D eigenvalue weighted by molar-refractivity contribution is 5.80. The Kier molecular flexibility index (Phi) is 5.23. The van der Waals surface area contributed by atoms with Crippen LogP contribution in [-0.4, -0.2) is 50.4 Å². The lowest BCUT2D eigenvalue weighted by Crippen LogP contribution is -2.47. The molecule has 2 aliphatic rings. The van der Waals surface area contributed by atoms with Crippen LogP contribution in [0.5, 0.6) is 0 Å². The van der Waals surface area contributed by atoms with Gasteiger partial charge in [-0.15, -0.1) is 0 Å². The summed E-state index contributed by atoms with van der Waals surface area (Å²) in [6, 6.07) is 0.333. The van der Waals surface area contributed by atoms with Crippen LogP contribution >= 0.6 is 0 Å². The van der Waals surface area contributed by atoms with Gasteiger partial charge in [-0.2, -0.15) is 0 Å². The molecule has 2 heterocycles. The minimum Gasteiger partial charge on any atom is -0.469 e. The Hall–Kier alpha value is -1.30. The molecule has 0 spiro atoms. The molecule has 6 heteroatoms. The number of methoxy groups -OCH3 is 1. The molecule has 2 aliphatic heterocycles. The number of guanidine groups is 1. The van der Waals surface area contributed by atoms with E-state index in [4.69, 9.17) is 9.47 Å². The van der Waals surface area contributed by atoms with Gasteiger partial charge in [0, 0.05) is 6.54 Å². The van der Waals surface area contributed by atoms with Crippen molar-refractivity contribution in [3.8, 4) is 0 Å². The van der Waals surface area contributed by atoms with Gasteiger partial charge in [-0.1, -0.05) is 6.92 Å². The van der Waals surface area contributed by atoms with Crippen LogP contribution in [0.15, 0.2) is 4.99 Å². The molecule has 0 saturated carbocycles. The zero-order chi connectivity index (χ0) is 14.5. The molecule has 0 amide bonds. The number of carbonyl (C=O) groups is 1. The van der Waals surface area contributed by atoms with Crippen molar-refractivity contribution in [2.24, 2.45) is 10.9 Å². The number of rotatable bonds is 5. The van der Waals surface area contributed by atoms with Crippen molar-refractivity contribution in [3.05, 3.63) is 0 Å². The standard InChI is InChI=1S/C14H25N3O3/c1-4-15-14(16-8-9(2)13(18)19-3)17-11-7-10-5-6-12(11)20-10/h9-12H,4-8H2,1-3H3,(H2,15,16,17). The summed E-state index contributed by atoms with van der Waals surface area (Å²) >= 11 is 0. The number of hydrogen-bond donors (Lipinski definition) is 2. The van der Waals surface area contributed by atoms with Gasteiger partial charge in [0.1, 0.15) is 0 Å². The first-order valence-electron chi connectivity index (χ1n) is 7.42. The molecular weight excluding hydrogens is 258 g/mol. The fourth-order valence-corrected chi connectivity index (χ4v) is 2.79. The van der Waals surface area contributed by atoms with E-state index < -0.39 is 0 Å². The fourth-order valence-electron chi connectivity index (χ4n) is 2.79. The van der Waals surface area contributed by atoms with Crippen LogP contribution in [0.4, 0.5) is 0 Å². The quantitative estimate of drug-likeness (QED) is 0.441. The first kappa shape index (κ1) is 15.1. The second-order valence-corrected chi connectivity index (χ2v) is 5.50. The van der Waals surface area contributed by atoms with Crippen LogP contribution < -0.4 is 10.6 Å². The number of aliphatic imine (C=N–C) groups is 1. The first-order chi connectivity index (χ1) is 9.63. The van der Waals surface area contributed by atoms with Gasteiger partial charge in [-0.05, 0) is 26.2 Å². The maximum atomic E-state index is 11.4. The van der Waals surface area contributed by atoms with E-state index in [1.165, 1.54) is 13.5 Å². The highest BCUT2D eigenvalue weighted by Crippen LogP contribution is 2.34. The van der Waals surface area contributed by atoms with Crippen molar-refractivity contribution in [3.63, 3.8) is 0 Å². The van der Waals surface area contributed by atoms with Crippen LogP contribution in [-0.2, 0) is 14.3 Å². The number of ether oxygens (including phenoxy) is 2. The van der Waals surface area contributed by atoms with Crippen LogP contribution in [0, 0.1) is 5.92 Å². The number of nitrogens with zero attached hydrogens (tertiary/aromatic N) is 1. The summed E-state index contributed by atoms with van der Waals surface area (Å²) in [6.07, 6.45) is 4.06. The molecule has 2 saturated heterocycles. The second-order valence-electron chi connectivity index (χ2n) is 5.50. The van der Waals surface area contributed by atoms with Gasteiger partial charge >= 0.3 is 5.97 Å². The third-order valence-corrected chi connectivity index (χ3v) is 3.90. The molecule has 0 aliphatic carbocycles. The molecule has 4 unspecified atom stereocenters. The van der Waals surface area contributed by atoms with Crippen LogP contribution in [0.3, 0.4) is 0 Å². The lowest BCUT2D eigenvalue weighted by Gasteiger charge is -2.22. The number of fused-ring (bicyclic) bond motifs is 2. The Morgan fingerprint density at radius 1 is 1.50 bits per heavy atom. The van der Waals surface area contributed by atoms with Crippen molar-refractivity contribution >= 4 is 11.9 Å². The topological polar surface area (TPSA) is 72.0 Å². The minimum atomic E-state index is -0.230. The first-order valence-corrected chi connectivity index (χ1v) is 7.42. The maximum Gasteiger partial charge on any atom is 0.310 e. The van der Waals surface area contributed by atoms with Crippen molar-refractivity contribution < 1.29 is 14.3 Å². The molecule has 0 aromatic rings. The van der Waals surface area contributed by atoms with Gasteiger partial charge in [-0.25, -0.2) is 0 Å². The zero-order valence-electron chi connectivity index (χ0n) is 12.5. The molecule has 2 bridgehead atoms. The Bertz CT molecular complexity index is 373. The Morgan fingerprint density at radius 3 is 2.85 bits per heavy atom. The molecule has 114 valence electrons. The predicted octanol–water partition coefficient (Wildman–Crippen LogP) is 0.671. The molecule has 2 fully saturated rings. The average Bonchev–Trinajstić information content (AvgIpc) is 3.06. The Labute approximate surface area is 120 Å². The van der Waals surface area contributed by atoms with Gasteiger partial charge < -0.3 is 20.1 Å². The normalized spacial score (nSPS) is 30.1. The number of carbonyl (C=O) groups excluding carboxylic acids is 1. The molecule has 2 rings (SSSR count). The van der Waals surface area contributed by atoms with Crippen LogP contribution in [0.1, 0.15) is 33.1 Å². The number of hydrogen-bond acceptors (Lipinski definition) is 4. The smallest absolute Gasteiger partial charge is 0.310 e. The minimum absolute atomic E-state index is 0.229. The summed E-state index contributed by atoms with van der Waals surface area (Å²) in [6.45, 7) is 5.06. The highest BCUT2D eigenvalue weighted by Gasteiger charge is 2.41. The summed E-state index contributed by atoms with van der Waals surface area (Å²) in [7, 11) is 1.40. The van der Waals surface area contributed by atoms with E-state index >= 15 is 0 Å². The fraction of sp³-hybridized carbons (Fsp3) is 0.857. The van der Waals surface area contributed by atoms with Crippen LogP contribution in [0.25, 0.3) is 0 Å². The van der Waals surface area contributed by atoms with Crippen molar-refractivity contribution in [1.82, 2.24) is 10.6 Å². The van der Waals surface area contributed by atoms with Gasteiger partial charge in [0.05, 0.1) is 37.8 Å². The van der Waals surface area contributed by atoms with Crippen LogP contribution in [0.2, 0.25) is 0 Å². The predicted molar refractivity (Wildman–Crippen MR) is 76.6 cm³/mol. The van der Waals surface area contributed by atoms with Gasteiger partial charge in [0.15, 0.2) is 5.96 Å². The van der Waals surface area contributed by atoms with Gasteiger partial charge in [0.25, 0.3) is 0 Å². The highest BCUT2D eigenvalue weighted by atomic mass is 16.5. The van der Waals surface area contributed by atoms with Crippen molar-refractivity contribution in [2.45, 2.75) is 51.4 Å². The van der Waals surface area contributed by atoms with E-state index in [0.29, 0.717) is 24.8 Å². The zero-order valence-corrected chi connectivity index (χ0v) is 12.5. The third-order valence-electron chi connectivity index (χ3n) is 3.90. The average molecular weight is 283 g/mol. The molecule has 4 atom stereocenters. The summed E-state index contributed by atoms with van der Waals surface area (Å²) in [5.74, 6) is 0.295. The summed E-state index contributed by atoms with van der Waals surface area (Å²) in [5.41, 5.74) is 0. The summed E-state index contributed by atoms with van der Waals surface area (Å²) in [5, 5.41) is 6.63. The van der Waals surface area contributed by atoms with Gasteiger partial charge in [-0.3, -0.25) is 9.79 Å². The molecule has 20 heavy (non-hydrogen) atoms. The molecular formula is C14H25N3O3. The van der Waals surface area contributed by atoms with E-state index in [1.54, 1.807) is 0 Å². The SMILES string of the molecule is CCNC(=NCC(C)C(=O)OC)NC1CC2CCC1O2. The largest absolute Gasteiger partial charge is 0.469 e. The molecule has 0 aromatic heterocycles. The van der Waals surface area contributed by atoms with Gasteiger partial charge in [0.2, 0.25) is 0 Å². The van der Waals surface area contributed by atoms with E-state index in [2.05, 4.69) is 15.6 Å². The number of nitrogens with one attached hydrogen (secondary N) is 2. The molecule has 2 N–H and O–H groups in total. The maximum absolute atomic E-state index is 11.4. The van der Waals surface area contributed by atoms with Crippen molar-refractivity contribution in [2.75, 3.05) is 20.2 Å².